The highest BCUT2D eigenvalue weighted by Crippen LogP contribution is 2.35. The first-order valence-corrected chi connectivity index (χ1v) is 10.3. The lowest BCUT2D eigenvalue weighted by Gasteiger charge is -2.23. The maximum absolute atomic E-state index is 13.1. The molecule has 3 N–H and O–H groups in total. The van der Waals surface area contributed by atoms with Gasteiger partial charge in [-0.2, -0.15) is 0 Å². The third kappa shape index (κ3) is 3.52. The van der Waals surface area contributed by atoms with Gasteiger partial charge < -0.3 is 15.4 Å². The highest BCUT2D eigenvalue weighted by molar-refractivity contribution is 5.89. The molecule has 0 saturated carbocycles. The molecule has 1 amide bonds. The number of aromatic amines is 1. The second-order valence-corrected chi connectivity index (χ2v) is 7.66. The summed E-state index contributed by atoms with van der Waals surface area (Å²) >= 11 is 0. The predicted molar refractivity (Wildman–Crippen MR) is 125 cm³/mol. The minimum Gasteiger partial charge on any atom is -0.508 e. The average Bonchev–Trinajstić information content (AvgIpc) is 3.13. The number of hydrogen-bond donors (Lipinski definition) is 3. The van der Waals surface area contributed by atoms with Crippen LogP contribution in [0.1, 0.15) is 17.2 Å². The van der Waals surface area contributed by atoms with E-state index >= 15 is 0 Å². The van der Waals surface area contributed by atoms with Gasteiger partial charge in [0, 0.05) is 5.56 Å². The molecule has 158 valence electrons. The maximum Gasteiger partial charge on any atom is 0.326 e. The molecule has 32 heavy (non-hydrogen) atoms. The van der Waals surface area contributed by atoms with Crippen molar-refractivity contribution in [3.63, 3.8) is 0 Å². The lowest BCUT2D eigenvalue weighted by Crippen LogP contribution is -2.34. The molecule has 4 aromatic carbocycles. The Morgan fingerprint density at radius 2 is 1.62 bits per heavy atom. The number of fused-ring (bicyclic) bond motifs is 2. The van der Waals surface area contributed by atoms with Crippen LogP contribution < -0.4 is 11.0 Å². The number of phenolic OH excluding ortho intramolecular Hbond substituents is 1. The van der Waals surface area contributed by atoms with Gasteiger partial charge >= 0.3 is 5.69 Å². The molecule has 0 unspecified atom stereocenters. The Balaban J connectivity index is 1.56. The fraction of sp³-hybridized carbons (Fsp3) is 0.0769. The molecule has 0 aliphatic rings. The van der Waals surface area contributed by atoms with Crippen LogP contribution in [-0.2, 0) is 11.3 Å². The molecule has 1 heterocycles. The summed E-state index contributed by atoms with van der Waals surface area (Å²) in [5.41, 5.74) is 2.45. The zero-order valence-corrected chi connectivity index (χ0v) is 17.2. The van der Waals surface area contributed by atoms with Crippen LogP contribution in [0.2, 0.25) is 0 Å². The van der Waals surface area contributed by atoms with Gasteiger partial charge in [-0.05, 0) is 34.5 Å². The number of nitrogens with zero attached hydrogens (tertiary/aromatic N) is 1. The number of H-pyrrole nitrogens is 1. The van der Waals surface area contributed by atoms with Crippen molar-refractivity contribution in [2.75, 3.05) is 0 Å². The summed E-state index contributed by atoms with van der Waals surface area (Å²) in [7, 11) is 0. The SMILES string of the molecule is O=C(Cn1c(=O)[nH]c2ccccc21)N[C@H](c1ccccc1)c1c(O)ccc2ccccc12. The molecule has 0 saturated heterocycles. The molecule has 0 aliphatic carbocycles. The third-order valence-electron chi connectivity index (χ3n) is 5.66. The minimum atomic E-state index is -0.587. The summed E-state index contributed by atoms with van der Waals surface area (Å²) in [6.07, 6.45) is 0. The Bertz CT molecular complexity index is 1490. The quantitative estimate of drug-likeness (QED) is 0.398. The molecule has 0 bridgehead atoms. The van der Waals surface area contributed by atoms with E-state index in [1.165, 1.54) is 4.57 Å². The number of aromatic hydroxyl groups is 1. The Labute approximate surface area is 183 Å². The fourth-order valence-electron chi connectivity index (χ4n) is 4.17. The van der Waals surface area contributed by atoms with Crippen LogP contribution in [0.4, 0.5) is 0 Å². The summed E-state index contributed by atoms with van der Waals surface area (Å²) in [4.78, 5) is 28.3. The lowest BCUT2D eigenvalue weighted by atomic mass is 9.92. The number of aromatic nitrogens is 2. The van der Waals surface area contributed by atoms with E-state index in [4.69, 9.17) is 0 Å². The number of para-hydroxylation sites is 2. The van der Waals surface area contributed by atoms with E-state index in [1.54, 1.807) is 18.2 Å². The summed E-state index contributed by atoms with van der Waals surface area (Å²) in [5, 5.41) is 15.6. The molecule has 0 spiro atoms. The molecule has 5 aromatic rings. The maximum atomic E-state index is 13.1. The van der Waals surface area contributed by atoms with Gasteiger partial charge in [-0.1, -0.05) is 72.8 Å². The van der Waals surface area contributed by atoms with E-state index in [2.05, 4.69) is 10.3 Å². The van der Waals surface area contributed by atoms with Gasteiger partial charge in [0.2, 0.25) is 5.91 Å². The van der Waals surface area contributed by atoms with E-state index in [0.29, 0.717) is 16.6 Å². The van der Waals surface area contributed by atoms with Crippen LogP contribution in [0, 0.1) is 0 Å². The Hall–Kier alpha value is -4.32. The molecule has 0 aliphatic heterocycles. The second kappa shape index (κ2) is 8.07. The molecule has 1 aromatic heterocycles. The molecule has 1 atom stereocenters. The van der Waals surface area contributed by atoms with Crippen LogP contribution >= 0.6 is 0 Å². The van der Waals surface area contributed by atoms with E-state index in [0.717, 1.165) is 16.3 Å². The smallest absolute Gasteiger partial charge is 0.326 e. The normalized spacial score (nSPS) is 12.1. The van der Waals surface area contributed by atoms with Crippen molar-refractivity contribution in [2.45, 2.75) is 12.6 Å². The number of hydrogen-bond acceptors (Lipinski definition) is 3. The predicted octanol–water partition coefficient (Wildman–Crippen LogP) is 4.09. The number of rotatable bonds is 5. The van der Waals surface area contributed by atoms with Crippen LogP contribution in [0.15, 0.2) is 95.8 Å². The summed E-state index contributed by atoms with van der Waals surface area (Å²) in [6, 6.07) is 27.4. The molecule has 6 heteroatoms. The van der Waals surface area contributed by atoms with E-state index in [-0.39, 0.29) is 23.9 Å². The Kier molecular flexibility index (Phi) is 4.95. The number of carbonyl (C=O) groups excluding carboxylic acids is 1. The molecular formula is C26H21N3O3. The van der Waals surface area contributed by atoms with Gasteiger partial charge in [0.15, 0.2) is 0 Å². The zero-order valence-electron chi connectivity index (χ0n) is 17.2. The van der Waals surface area contributed by atoms with Gasteiger partial charge in [-0.3, -0.25) is 9.36 Å². The van der Waals surface area contributed by atoms with Crippen LogP contribution in [0.25, 0.3) is 21.8 Å². The number of benzene rings is 4. The first-order chi connectivity index (χ1) is 15.6. The van der Waals surface area contributed by atoms with Crippen LogP contribution in [0.3, 0.4) is 0 Å². The first kappa shape index (κ1) is 19.6. The summed E-state index contributed by atoms with van der Waals surface area (Å²) in [6.45, 7) is -0.141. The topological polar surface area (TPSA) is 87.1 Å². The number of nitrogens with one attached hydrogen (secondary N) is 2. The second-order valence-electron chi connectivity index (χ2n) is 7.66. The van der Waals surface area contributed by atoms with Gasteiger partial charge in [-0.25, -0.2) is 4.79 Å². The Morgan fingerprint density at radius 1 is 0.906 bits per heavy atom. The number of imidazole rings is 1. The summed E-state index contributed by atoms with van der Waals surface area (Å²) < 4.78 is 1.41. The minimum absolute atomic E-state index is 0.0992. The van der Waals surface area contributed by atoms with Crippen LogP contribution in [0.5, 0.6) is 5.75 Å². The average molecular weight is 423 g/mol. The number of phenols is 1. The fourth-order valence-corrected chi connectivity index (χ4v) is 4.17. The molecule has 0 fully saturated rings. The van der Waals surface area contributed by atoms with Crippen molar-refractivity contribution >= 4 is 27.7 Å². The molecule has 5 rings (SSSR count). The first-order valence-electron chi connectivity index (χ1n) is 10.3. The van der Waals surface area contributed by atoms with Gasteiger partial charge in [0.1, 0.15) is 12.3 Å². The van der Waals surface area contributed by atoms with E-state index in [1.807, 2.05) is 72.8 Å². The van der Waals surface area contributed by atoms with Crippen molar-refractivity contribution in [2.24, 2.45) is 0 Å². The van der Waals surface area contributed by atoms with Crippen molar-refractivity contribution in [1.29, 1.82) is 0 Å². The summed E-state index contributed by atoms with van der Waals surface area (Å²) in [5.74, 6) is -0.236. The lowest BCUT2D eigenvalue weighted by molar-refractivity contribution is -0.122. The van der Waals surface area contributed by atoms with Crippen molar-refractivity contribution < 1.29 is 9.90 Å². The van der Waals surface area contributed by atoms with Crippen molar-refractivity contribution in [1.82, 2.24) is 14.9 Å². The monoisotopic (exact) mass is 423 g/mol. The standard InChI is InChI=1S/C26H21N3O3/c30-22-15-14-17-8-4-5-11-19(17)24(22)25(18-9-2-1-3-10-18)28-23(31)16-29-21-13-7-6-12-20(21)27-26(29)32/h1-15,25,30H,16H2,(H,27,32)(H,28,31)/t25-/m1/s1. The molecule has 6 nitrogen and oxygen atoms in total. The van der Waals surface area contributed by atoms with E-state index < -0.39 is 6.04 Å². The molecule has 0 radical (unpaired) electrons. The highest BCUT2D eigenvalue weighted by atomic mass is 16.3. The van der Waals surface area contributed by atoms with Crippen LogP contribution in [-0.4, -0.2) is 20.6 Å². The Morgan fingerprint density at radius 3 is 2.47 bits per heavy atom. The number of amides is 1. The van der Waals surface area contributed by atoms with Gasteiger partial charge in [0.05, 0.1) is 17.1 Å². The largest absolute Gasteiger partial charge is 0.508 e. The van der Waals surface area contributed by atoms with Crippen molar-refractivity contribution in [3.8, 4) is 5.75 Å². The van der Waals surface area contributed by atoms with Gasteiger partial charge in [-0.15, -0.1) is 0 Å². The highest BCUT2D eigenvalue weighted by Gasteiger charge is 2.23. The van der Waals surface area contributed by atoms with E-state index in [9.17, 15) is 14.7 Å². The third-order valence-corrected chi connectivity index (χ3v) is 5.66. The number of carbonyl (C=O) groups is 1. The van der Waals surface area contributed by atoms with Crippen molar-refractivity contribution in [3.05, 3.63) is 113 Å². The zero-order chi connectivity index (χ0) is 22.1. The molecular weight excluding hydrogens is 402 g/mol. The van der Waals surface area contributed by atoms with Gasteiger partial charge in [0.25, 0.3) is 0 Å².